The third-order valence-electron chi connectivity index (χ3n) is 9.09. The van der Waals surface area contributed by atoms with E-state index in [0.717, 1.165) is 70.6 Å². The molecule has 8 nitrogen and oxygen atoms in total. The van der Waals surface area contributed by atoms with Gasteiger partial charge in [0.1, 0.15) is 12.6 Å². The van der Waals surface area contributed by atoms with Crippen molar-refractivity contribution in [3.05, 3.63) is 122 Å². The number of ether oxygens (including phenoxy) is 3. The van der Waals surface area contributed by atoms with Crippen molar-refractivity contribution >= 4 is 17.9 Å². The first-order chi connectivity index (χ1) is 28.6. The predicted molar refractivity (Wildman–Crippen MR) is 244 cm³/mol. The minimum Gasteiger partial charge on any atom is -0.544 e. The van der Waals surface area contributed by atoms with Crippen LogP contribution >= 0.6 is 0 Å². The van der Waals surface area contributed by atoms with Crippen LogP contribution in [0.5, 0.6) is 0 Å². The Balaban J connectivity index is 4.53. The molecule has 2 atom stereocenters. The summed E-state index contributed by atoms with van der Waals surface area (Å²) in [7, 11) is 5.36. The number of likely N-dealkylation sites (N-methyl/N-ethyl adjacent to an activating group) is 1. The van der Waals surface area contributed by atoms with Gasteiger partial charge in [-0.25, -0.2) is 0 Å². The number of carbonyl (C=O) groups excluding carboxylic acids is 3. The number of carboxylic acid groups (broad SMARTS) is 1. The fourth-order valence-electron chi connectivity index (χ4n) is 5.64. The lowest BCUT2D eigenvalue weighted by atomic mass is 10.1. The molecule has 0 radical (unpaired) electrons. The van der Waals surface area contributed by atoms with Gasteiger partial charge >= 0.3 is 11.9 Å². The number of unbranched alkanes of at least 4 members (excludes halogenated alkanes) is 11. The SMILES string of the molecule is CC/C=C/C=C/C=C/C=C/C=C/C=C/CCCCCC(=O)OCC(COCCC(C(=O)[O-])[N+](C)(C)C)OC(=O)CCCCCCC/C=C/C=C/C=C/C=C/CCCCC. The Morgan fingerprint density at radius 3 is 1.42 bits per heavy atom. The lowest BCUT2D eigenvalue weighted by Crippen LogP contribution is -2.55. The highest BCUT2D eigenvalue weighted by molar-refractivity contribution is 5.70. The standard InChI is InChI=1S/C51H79NO7/c1-6-8-10-12-14-16-18-20-22-24-26-28-30-32-34-36-38-40-42-50(54)59-47(45-57-44-43-48(51(55)56)52(3,4)5)46-58-49(53)41-39-37-35-33-31-29-27-25-23-21-19-17-15-13-11-9-7-2/h9,11,13-29,31,47-48H,6-8,10,12,30,32-46H2,1-5H3/b11-9+,15-13+,16-14+,19-17+,20-18+,23-21+,24-22+,27-25+,28-26+,31-29+. The number of rotatable bonds is 37. The number of hydrogen-bond donors (Lipinski definition) is 0. The Bertz CT molecular complexity index is 1370. The van der Waals surface area contributed by atoms with Gasteiger partial charge in [-0.05, 0) is 57.8 Å². The van der Waals surface area contributed by atoms with Gasteiger partial charge in [0, 0.05) is 19.3 Å². The van der Waals surface area contributed by atoms with Crippen molar-refractivity contribution in [1.29, 1.82) is 0 Å². The van der Waals surface area contributed by atoms with Gasteiger partial charge in [0.2, 0.25) is 0 Å². The summed E-state index contributed by atoms with van der Waals surface area (Å²) in [6.45, 7) is 4.37. The molecule has 0 aromatic rings. The minimum absolute atomic E-state index is 0.00660. The second-order valence-electron chi connectivity index (χ2n) is 15.4. The van der Waals surface area contributed by atoms with Crippen LogP contribution in [0.1, 0.15) is 129 Å². The Labute approximate surface area is 359 Å². The van der Waals surface area contributed by atoms with E-state index in [4.69, 9.17) is 14.2 Å². The summed E-state index contributed by atoms with van der Waals surface area (Å²) in [4.78, 5) is 36.9. The van der Waals surface area contributed by atoms with Crippen molar-refractivity contribution in [1.82, 2.24) is 0 Å². The van der Waals surface area contributed by atoms with E-state index < -0.39 is 18.1 Å². The van der Waals surface area contributed by atoms with Crippen molar-refractivity contribution in [2.75, 3.05) is 41.0 Å². The van der Waals surface area contributed by atoms with Crippen LogP contribution in [-0.2, 0) is 28.6 Å². The molecule has 0 spiro atoms. The van der Waals surface area contributed by atoms with Gasteiger partial charge in [-0.3, -0.25) is 9.59 Å². The summed E-state index contributed by atoms with van der Waals surface area (Å²) < 4.78 is 17.1. The Morgan fingerprint density at radius 1 is 0.525 bits per heavy atom. The molecule has 2 unspecified atom stereocenters. The van der Waals surface area contributed by atoms with Crippen LogP contribution in [-0.4, -0.2) is 75.5 Å². The van der Waals surface area contributed by atoms with Crippen molar-refractivity contribution in [3.63, 3.8) is 0 Å². The summed E-state index contributed by atoms with van der Waals surface area (Å²) in [5.74, 6) is -1.84. The van der Waals surface area contributed by atoms with Gasteiger partial charge in [-0.15, -0.1) is 0 Å². The highest BCUT2D eigenvalue weighted by Crippen LogP contribution is 2.12. The lowest BCUT2D eigenvalue weighted by molar-refractivity contribution is -0.889. The molecule has 330 valence electrons. The van der Waals surface area contributed by atoms with Crippen LogP contribution in [0.3, 0.4) is 0 Å². The van der Waals surface area contributed by atoms with E-state index in [9.17, 15) is 19.5 Å². The van der Waals surface area contributed by atoms with E-state index in [0.29, 0.717) is 6.42 Å². The molecule has 0 fully saturated rings. The molecule has 0 saturated carbocycles. The maximum Gasteiger partial charge on any atom is 0.306 e. The molecule has 0 rings (SSSR count). The lowest BCUT2D eigenvalue weighted by Gasteiger charge is -2.34. The average Bonchev–Trinajstić information content (AvgIpc) is 3.19. The Morgan fingerprint density at radius 2 is 0.949 bits per heavy atom. The molecule has 0 heterocycles. The van der Waals surface area contributed by atoms with Crippen LogP contribution in [0.15, 0.2) is 122 Å². The molecule has 0 aromatic carbocycles. The first-order valence-electron chi connectivity index (χ1n) is 22.2. The van der Waals surface area contributed by atoms with Crippen LogP contribution in [0, 0.1) is 0 Å². The van der Waals surface area contributed by atoms with E-state index in [1.54, 1.807) is 21.1 Å². The van der Waals surface area contributed by atoms with Crippen molar-refractivity contribution < 1.29 is 38.2 Å². The van der Waals surface area contributed by atoms with E-state index in [2.05, 4.69) is 62.5 Å². The minimum atomic E-state index is -1.14. The monoisotopic (exact) mass is 818 g/mol. The molecule has 0 saturated heterocycles. The Kier molecular flexibility index (Phi) is 37.6. The Hall–Kier alpha value is -4.27. The molecule has 8 heteroatoms. The van der Waals surface area contributed by atoms with Gasteiger partial charge in [0.25, 0.3) is 0 Å². The van der Waals surface area contributed by atoms with Gasteiger partial charge in [-0.2, -0.15) is 0 Å². The molecule has 0 N–H and O–H groups in total. The molecule has 0 bridgehead atoms. The zero-order chi connectivity index (χ0) is 43.5. The highest BCUT2D eigenvalue weighted by atomic mass is 16.6. The van der Waals surface area contributed by atoms with Gasteiger partial charge in [0.15, 0.2) is 6.10 Å². The van der Waals surface area contributed by atoms with Gasteiger partial charge in [0.05, 0.1) is 40.3 Å². The molecule has 0 aliphatic heterocycles. The summed E-state index contributed by atoms with van der Waals surface area (Å²) in [5, 5.41) is 11.6. The quantitative estimate of drug-likeness (QED) is 0.0266. The van der Waals surface area contributed by atoms with Crippen molar-refractivity contribution in [2.24, 2.45) is 0 Å². The zero-order valence-electron chi connectivity index (χ0n) is 37.4. The third kappa shape index (κ3) is 39.0. The zero-order valence-corrected chi connectivity index (χ0v) is 37.4. The second-order valence-corrected chi connectivity index (χ2v) is 15.4. The number of quaternary nitrogens is 1. The molecule has 59 heavy (non-hydrogen) atoms. The predicted octanol–water partition coefficient (Wildman–Crippen LogP) is 10.9. The number of hydrogen-bond acceptors (Lipinski definition) is 7. The van der Waals surface area contributed by atoms with E-state index >= 15 is 0 Å². The van der Waals surface area contributed by atoms with Crippen LogP contribution in [0.25, 0.3) is 0 Å². The number of esters is 2. The summed E-state index contributed by atoms with van der Waals surface area (Å²) in [6.07, 6.45) is 56.4. The molecule has 0 amide bonds. The van der Waals surface area contributed by atoms with E-state index in [1.807, 2.05) is 72.9 Å². The highest BCUT2D eigenvalue weighted by Gasteiger charge is 2.25. The molecule has 0 aliphatic rings. The van der Waals surface area contributed by atoms with Crippen molar-refractivity contribution in [2.45, 2.75) is 142 Å². The molecule has 0 aromatic heterocycles. The van der Waals surface area contributed by atoms with Crippen LogP contribution < -0.4 is 5.11 Å². The molecular weight excluding hydrogens is 739 g/mol. The molecular formula is C51H79NO7. The first kappa shape index (κ1) is 54.7. The fourth-order valence-corrected chi connectivity index (χ4v) is 5.64. The number of nitrogens with zero attached hydrogens (tertiary/aromatic N) is 1. The van der Waals surface area contributed by atoms with E-state index in [1.165, 1.54) is 19.3 Å². The van der Waals surface area contributed by atoms with Gasteiger partial charge < -0.3 is 28.6 Å². The first-order valence-corrected chi connectivity index (χ1v) is 22.2. The number of carbonyl (C=O) groups is 3. The third-order valence-corrected chi connectivity index (χ3v) is 9.09. The second kappa shape index (κ2) is 40.5. The largest absolute Gasteiger partial charge is 0.544 e. The van der Waals surface area contributed by atoms with Gasteiger partial charge in [-0.1, -0.05) is 174 Å². The fraction of sp³-hybridized carbons (Fsp3) is 0.549. The smallest absolute Gasteiger partial charge is 0.306 e. The van der Waals surface area contributed by atoms with E-state index in [-0.39, 0.29) is 55.5 Å². The maximum atomic E-state index is 12.7. The maximum absolute atomic E-state index is 12.7. The normalized spacial score (nSPS) is 14.1. The summed E-state index contributed by atoms with van der Waals surface area (Å²) in [5.41, 5.74) is 0. The topological polar surface area (TPSA) is 102 Å². The summed E-state index contributed by atoms with van der Waals surface area (Å²) in [6, 6.07) is -0.746. The molecule has 0 aliphatic carbocycles. The summed E-state index contributed by atoms with van der Waals surface area (Å²) >= 11 is 0. The number of aliphatic carboxylic acids is 1. The number of allylic oxidation sites excluding steroid dienone is 20. The number of carboxylic acids is 1. The van der Waals surface area contributed by atoms with Crippen molar-refractivity contribution in [3.8, 4) is 0 Å². The average molecular weight is 818 g/mol. The van der Waals surface area contributed by atoms with Crippen LogP contribution in [0.2, 0.25) is 0 Å². The van der Waals surface area contributed by atoms with Crippen LogP contribution in [0.4, 0.5) is 0 Å².